The number of nitrogens with one attached hydrogen (secondary N) is 3. The summed E-state index contributed by atoms with van der Waals surface area (Å²) in [5.41, 5.74) is 1.20. The summed E-state index contributed by atoms with van der Waals surface area (Å²) in [6.45, 7) is 3.13. The molecule has 2 aliphatic rings. The highest BCUT2D eigenvalue weighted by atomic mass is 16.5. The van der Waals surface area contributed by atoms with E-state index in [1.54, 1.807) is 18.1 Å². The second kappa shape index (κ2) is 8.95. The number of amides is 3. The zero-order valence-corrected chi connectivity index (χ0v) is 18.3. The van der Waals surface area contributed by atoms with E-state index in [1.165, 1.54) is 0 Å². The summed E-state index contributed by atoms with van der Waals surface area (Å²) in [4.78, 5) is 43.1. The van der Waals surface area contributed by atoms with E-state index < -0.39 is 12.1 Å². The molecule has 3 heterocycles. The Hall–Kier alpha value is -3.47. The smallest absolute Gasteiger partial charge is 0.270 e. The average molecular weight is 437 g/mol. The van der Waals surface area contributed by atoms with Crippen molar-refractivity contribution in [2.24, 2.45) is 11.8 Å². The minimum absolute atomic E-state index is 0.0277. The molecule has 1 aromatic carbocycles. The number of hydrogen-bond acceptors (Lipinski definition) is 4. The molecule has 3 N–H and O–H groups in total. The normalized spacial score (nSPS) is 23.6. The lowest BCUT2D eigenvalue weighted by atomic mass is 9.98. The standard InChI is InChI=1S/C24H28N4O4/c1-4-16(11-15-8-9-25-22(15)29)26-23(30)20-10-14(2)13-28(20)24(31)19-12-17-18(27-19)6-5-7-21(17)32-3/h1,5-7,12,14-16,20,27H,8-11,13H2,2-3H3,(H,25,29)(H,26,30). The maximum Gasteiger partial charge on any atom is 0.270 e. The number of benzene rings is 1. The highest BCUT2D eigenvalue weighted by Gasteiger charge is 2.39. The molecule has 4 atom stereocenters. The number of nitrogens with zero attached hydrogens (tertiary/aromatic N) is 1. The van der Waals surface area contributed by atoms with Gasteiger partial charge in [0.25, 0.3) is 5.91 Å². The lowest BCUT2D eigenvalue weighted by Gasteiger charge is -2.25. The summed E-state index contributed by atoms with van der Waals surface area (Å²) in [6.07, 6.45) is 7.30. The number of H-pyrrole nitrogens is 1. The van der Waals surface area contributed by atoms with Gasteiger partial charge in [-0.25, -0.2) is 0 Å². The number of methoxy groups -OCH3 is 1. The lowest BCUT2D eigenvalue weighted by molar-refractivity contribution is -0.126. The van der Waals surface area contributed by atoms with Crippen LogP contribution in [0.25, 0.3) is 10.9 Å². The van der Waals surface area contributed by atoms with E-state index in [0.29, 0.717) is 43.8 Å². The summed E-state index contributed by atoms with van der Waals surface area (Å²) in [5.74, 6) is 2.70. The molecule has 0 aliphatic carbocycles. The van der Waals surface area contributed by atoms with Gasteiger partial charge in [-0.2, -0.15) is 0 Å². The fraction of sp³-hybridized carbons (Fsp3) is 0.458. The van der Waals surface area contributed by atoms with Crippen LogP contribution in [0.4, 0.5) is 0 Å². The predicted molar refractivity (Wildman–Crippen MR) is 120 cm³/mol. The number of aromatic nitrogens is 1. The van der Waals surface area contributed by atoms with Crippen LogP contribution in [0.5, 0.6) is 5.75 Å². The van der Waals surface area contributed by atoms with Crippen LogP contribution in [-0.2, 0) is 9.59 Å². The molecule has 0 radical (unpaired) electrons. The van der Waals surface area contributed by atoms with Gasteiger partial charge in [-0.05, 0) is 43.4 Å². The van der Waals surface area contributed by atoms with Crippen LogP contribution in [-0.4, -0.2) is 59.9 Å². The maximum atomic E-state index is 13.3. The molecule has 0 bridgehead atoms. The maximum absolute atomic E-state index is 13.3. The van der Waals surface area contributed by atoms with Crippen LogP contribution < -0.4 is 15.4 Å². The summed E-state index contributed by atoms with van der Waals surface area (Å²) in [6, 6.07) is 6.16. The minimum Gasteiger partial charge on any atom is -0.496 e. The van der Waals surface area contributed by atoms with Crippen LogP contribution in [0.3, 0.4) is 0 Å². The Labute approximate surface area is 187 Å². The number of carbonyl (C=O) groups is 3. The van der Waals surface area contributed by atoms with Crippen molar-refractivity contribution >= 4 is 28.6 Å². The Kier molecular flexibility index (Phi) is 6.08. The highest BCUT2D eigenvalue weighted by molar-refractivity contribution is 6.01. The number of ether oxygens (including phenoxy) is 1. The molecule has 2 aromatic rings. The molecular formula is C24H28N4O4. The fourth-order valence-corrected chi connectivity index (χ4v) is 4.69. The van der Waals surface area contributed by atoms with Crippen molar-refractivity contribution in [3.05, 3.63) is 30.0 Å². The largest absolute Gasteiger partial charge is 0.496 e. The number of hydrogen-bond donors (Lipinski definition) is 3. The molecule has 4 unspecified atom stereocenters. The topological polar surface area (TPSA) is 104 Å². The third-order valence-corrected chi connectivity index (χ3v) is 6.35. The fourth-order valence-electron chi connectivity index (χ4n) is 4.69. The van der Waals surface area contributed by atoms with Crippen molar-refractivity contribution in [3.8, 4) is 18.1 Å². The van der Waals surface area contributed by atoms with E-state index in [9.17, 15) is 14.4 Å². The van der Waals surface area contributed by atoms with Gasteiger partial charge in [-0.1, -0.05) is 18.9 Å². The third kappa shape index (κ3) is 4.15. The Morgan fingerprint density at radius 1 is 1.41 bits per heavy atom. The number of aromatic amines is 1. The Bertz CT molecular complexity index is 1090. The van der Waals surface area contributed by atoms with Crippen LogP contribution in [0, 0.1) is 24.2 Å². The Balaban J connectivity index is 1.50. The van der Waals surface area contributed by atoms with Crippen LogP contribution in [0.2, 0.25) is 0 Å². The van der Waals surface area contributed by atoms with Gasteiger partial charge in [-0.15, -0.1) is 6.42 Å². The lowest BCUT2D eigenvalue weighted by Crippen LogP contribution is -2.49. The second-order valence-electron chi connectivity index (χ2n) is 8.66. The van der Waals surface area contributed by atoms with Gasteiger partial charge in [0.15, 0.2) is 0 Å². The zero-order chi connectivity index (χ0) is 22.8. The van der Waals surface area contributed by atoms with E-state index in [2.05, 4.69) is 21.5 Å². The molecule has 8 nitrogen and oxygen atoms in total. The molecule has 4 rings (SSSR count). The SMILES string of the molecule is C#CC(CC1CCNC1=O)NC(=O)C1CC(C)CN1C(=O)c1cc2c(OC)cccc2[nH]1. The van der Waals surface area contributed by atoms with E-state index in [0.717, 1.165) is 10.9 Å². The van der Waals surface area contributed by atoms with E-state index >= 15 is 0 Å². The summed E-state index contributed by atoms with van der Waals surface area (Å²) in [7, 11) is 1.59. The molecular weight excluding hydrogens is 408 g/mol. The molecule has 168 valence electrons. The van der Waals surface area contributed by atoms with Gasteiger partial charge >= 0.3 is 0 Å². The minimum atomic E-state index is -0.612. The molecule has 2 saturated heterocycles. The van der Waals surface area contributed by atoms with Crippen molar-refractivity contribution < 1.29 is 19.1 Å². The van der Waals surface area contributed by atoms with E-state index in [-0.39, 0.29) is 29.6 Å². The Morgan fingerprint density at radius 3 is 2.91 bits per heavy atom. The first-order valence-electron chi connectivity index (χ1n) is 10.9. The molecule has 0 saturated carbocycles. The predicted octanol–water partition coefficient (Wildman–Crippen LogP) is 1.67. The first-order chi connectivity index (χ1) is 15.4. The van der Waals surface area contributed by atoms with E-state index in [4.69, 9.17) is 11.2 Å². The highest BCUT2D eigenvalue weighted by Crippen LogP contribution is 2.29. The monoisotopic (exact) mass is 436 g/mol. The van der Waals surface area contributed by atoms with Gasteiger partial charge in [0, 0.05) is 29.9 Å². The number of likely N-dealkylation sites (tertiary alicyclic amines) is 1. The number of rotatable bonds is 6. The van der Waals surface area contributed by atoms with Gasteiger partial charge in [-0.3, -0.25) is 14.4 Å². The number of terminal acetylenes is 1. The first-order valence-corrected chi connectivity index (χ1v) is 10.9. The number of fused-ring (bicyclic) bond motifs is 1. The van der Waals surface area contributed by atoms with Gasteiger partial charge in [0.1, 0.15) is 17.5 Å². The van der Waals surface area contributed by atoms with Crippen molar-refractivity contribution in [3.63, 3.8) is 0 Å². The average Bonchev–Trinajstić information content (AvgIpc) is 3.50. The van der Waals surface area contributed by atoms with Crippen molar-refractivity contribution in [2.45, 2.75) is 38.3 Å². The Morgan fingerprint density at radius 2 is 2.22 bits per heavy atom. The van der Waals surface area contributed by atoms with Crippen LogP contribution in [0.1, 0.15) is 36.7 Å². The second-order valence-corrected chi connectivity index (χ2v) is 8.66. The van der Waals surface area contributed by atoms with Crippen LogP contribution in [0.15, 0.2) is 24.3 Å². The number of carbonyl (C=O) groups excluding carboxylic acids is 3. The summed E-state index contributed by atoms with van der Waals surface area (Å²) in [5, 5.41) is 6.48. The van der Waals surface area contributed by atoms with Gasteiger partial charge < -0.3 is 25.3 Å². The molecule has 8 heteroatoms. The molecule has 2 fully saturated rings. The van der Waals surface area contributed by atoms with E-state index in [1.807, 2.05) is 25.1 Å². The molecule has 32 heavy (non-hydrogen) atoms. The quantitative estimate of drug-likeness (QED) is 0.600. The molecule has 0 spiro atoms. The third-order valence-electron chi connectivity index (χ3n) is 6.35. The molecule has 2 aliphatic heterocycles. The molecule has 3 amide bonds. The first kappa shape index (κ1) is 21.8. The zero-order valence-electron chi connectivity index (χ0n) is 18.3. The van der Waals surface area contributed by atoms with Gasteiger partial charge in [0.2, 0.25) is 11.8 Å². The molecule has 1 aromatic heterocycles. The van der Waals surface area contributed by atoms with Crippen molar-refractivity contribution in [1.82, 2.24) is 20.5 Å². The van der Waals surface area contributed by atoms with Crippen LogP contribution >= 0.6 is 0 Å². The summed E-state index contributed by atoms with van der Waals surface area (Å²) >= 11 is 0. The van der Waals surface area contributed by atoms with Crippen molar-refractivity contribution in [1.29, 1.82) is 0 Å². The van der Waals surface area contributed by atoms with Gasteiger partial charge in [0.05, 0.1) is 13.2 Å². The van der Waals surface area contributed by atoms with Crippen molar-refractivity contribution in [2.75, 3.05) is 20.2 Å². The summed E-state index contributed by atoms with van der Waals surface area (Å²) < 4.78 is 5.38.